The number of nitrogens with zero attached hydrogens (tertiary/aromatic N) is 2. The molecule has 1 aliphatic heterocycles. The molecule has 2 aromatic rings. The van der Waals surface area contributed by atoms with Crippen molar-refractivity contribution in [3.05, 3.63) is 78.7 Å². The van der Waals surface area contributed by atoms with Gasteiger partial charge in [-0.15, -0.1) is 34.8 Å². The lowest BCUT2D eigenvalue weighted by Crippen LogP contribution is -2.60. The van der Waals surface area contributed by atoms with E-state index in [1.54, 1.807) is 0 Å². The quantitative estimate of drug-likeness (QED) is 0.161. The summed E-state index contributed by atoms with van der Waals surface area (Å²) >= 11 is 64.2. The zero-order valence-corrected chi connectivity index (χ0v) is 28.1. The van der Waals surface area contributed by atoms with Crippen LogP contribution in [0.2, 0.25) is 15.1 Å². The summed E-state index contributed by atoms with van der Waals surface area (Å²) in [6.07, 6.45) is -0.195. The zero-order chi connectivity index (χ0) is 31.1. The lowest BCUT2D eigenvalue weighted by atomic mass is 9.84. The third-order valence-corrected chi connectivity index (χ3v) is 12.9. The van der Waals surface area contributed by atoms with E-state index in [9.17, 15) is 19.2 Å². The van der Waals surface area contributed by atoms with Crippen LogP contribution in [0.25, 0.3) is 0 Å². The van der Waals surface area contributed by atoms with E-state index in [-0.39, 0.29) is 43.5 Å². The average molecular weight is 773 g/mol. The van der Waals surface area contributed by atoms with Gasteiger partial charge in [-0.2, -0.15) is 5.01 Å². The topological polar surface area (TPSA) is 74.8 Å². The maximum absolute atomic E-state index is 14.2. The van der Waals surface area contributed by atoms with Crippen LogP contribution in [0.1, 0.15) is 27.1 Å². The Kier molecular flexibility index (Phi) is 8.82. The van der Waals surface area contributed by atoms with Gasteiger partial charge in [0.25, 0.3) is 17.7 Å². The van der Waals surface area contributed by atoms with Crippen LogP contribution in [0.5, 0.6) is 0 Å². The Labute approximate surface area is 289 Å². The van der Waals surface area contributed by atoms with Gasteiger partial charge in [-0.05, 0) is 48.9 Å². The van der Waals surface area contributed by atoms with Crippen LogP contribution in [0.15, 0.2) is 52.5 Å². The molecule has 0 aromatic heterocycles. The Bertz CT molecular complexity index is 1540. The van der Waals surface area contributed by atoms with Crippen LogP contribution in [0, 0.1) is 11.8 Å². The highest BCUT2D eigenvalue weighted by Crippen LogP contribution is 2.77. The van der Waals surface area contributed by atoms with E-state index in [2.05, 4.69) is 0 Å². The monoisotopic (exact) mass is 768 g/mol. The van der Waals surface area contributed by atoms with Crippen LogP contribution in [-0.4, -0.2) is 59.5 Å². The molecule has 2 bridgehead atoms. The Morgan fingerprint density at radius 1 is 0.810 bits per heavy atom. The van der Waals surface area contributed by atoms with Gasteiger partial charge in [0.15, 0.2) is 10.1 Å². The average Bonchev–Trinajstić information content (AvgIpc) is 3.31. The minimum atomic E-state index is -2.20. The summed E-state index contributed by atoms with van der Waals surface area (Å²) < 4.78 is -2.20. The standard InChI is InChI=1S/C26H14Cl10N2O4/c27-8-7-15(18(39)10-1-3-11(28)4-2-10)37(21(40)13-6-5-12(29)9-14(13)30)38-22(41)16-17(23(38)42)25(34)20(32)19(31)24(16,33)26(25,35)36/h1-6,9,15-17H,7-8H2/t15-,16-,17+,24-,25-/m1/s1. The van der Waals surface area contributed by atoms with E-state index in [1.807, 2.05) is 0 Å². The van der Waals surface area contributed by atoms with Gasteiger partial charge in [-0.1, -0.05) is 81.2 Å². The molecule has 1 saturated carbocycles. The zero-order valence-electron chi connectivity index (χ0n) is 20.5. The van der Waals surface area contributed by atoms with Gasteiger partial charge in [0.05, 0.1) is 32.5 Å². The SMILES string of the molecule is O=C(c1ccc(Cl)cc1)[C@@H](CCCl)N(C(=O)c1ccc(Cl)cc1Cl)N1C(=O)[C@@H]2[C@H](C1=O)[C@@]1(Cl)C(Cl)=C(Cl)[C@@]2(Cl)C1(Cl)Cl. The smallest absolute Gasteiger partial charge is 0.275 e. The number of amides is 3. The highest BCUT2D eigenvalue weighted by Gasteiger charge is 2.88. The summed E-state index contributed by atoms with van der Waals surface area (Å²) in [5.74, 6) is -7.03. The molecular weight excluding hydrogens is 759 g/mol. The number of allylic oxidation sites excluding steroid dienone is 2. The maximum Gasteiger partial charge on any atom is 0.275 e. The highest BCUT2D eigenvalue weighted by molar-refractivity contribution is 6.67. The fraction of sp³-hybridized carbons (Fsp3) is 0.308. The second-order valence-electron chi connectivity index (χ2n) is 9.71. The minimum Gasteiger partial charge on any atom is -0.292 e. The Balaban J connectivity index is 1.69. The predicted octanol–water partition coefficient (Wildman–Crippen LogP) is 8.33. The lowest BCUT2D eigenvalue weighted by molar-refractivity contribution is -0.157. The van der Waals surface area contributed by atoms with E-state index in [0.717, 1.165) is 0 Å². The molecule has 16 heteroatoms. The van der Waals surface area contributed by atoms with Crippen molar-refractivity contribution in [2.75, 3.05) is 5.88 Å². The van der Waals surface area contributed by atoms with Crippen molar-refractivity contribution in [3.8, 4) is 0 Å². The van der Waals surface area contributed by atoms with Gasteiger partial charge in [-0.3, -0.25) is 19.2 Å². The molecule has 0 N–H and O–H groups in total. The first-order chi connectivity index (χ1) is 19.6. The van der Waals surface area contributed by atoms with E-state index >= 15 is 0 Å². The van der Waals surface area contributed by atoms with Crippen LogP contribution >= 0.6 is 116 Å². The number of hydrazine groups is 1. The van der Waals surface area contributed by atoms with E-state index < -0.39 is 55.5 Å². The third-order valence-electron chi connectivity index (χ3n) is 7.58. The number of imide groups is 1. The highest BCUT2D eigenvalue weighted by atomic mass is 35.5. The number of halogens is 10. The van der Waals surface area contributed by atoms with Gasteiger partial charge in [0.2, 0.25) is 0 Å². The van der Waals surface area contributed by atoms with Crippen LogP contribution in [-0.2, 0) is 9.59 Å². The number of ketones is 1. The van der Waals surface area contributed by atoms with Crippen molar-refractivity contribution in [2.45, 2.75) is 26.5 Å². The van der Waals surface area contributed by atoms with E-state index in [4.69, 9.17) is 116 Å². The van der Waals surface area contributed by atoms with Crippen LogP contribution < -0.4 is 0 Å². The maximum atomic E-state index is 14.2. The molecule has 0 spiro atoms. The molecule has 222 valence electrons. The molecule has 0 radical (unpaired) electrons. The molecule has 2 aliphatic carbocycles. The van der Waals surface area contributed by atoms with Crippen molar-refractivity contribution >= 4 is 140 Å². The van der Waals surface area contributed by atoms with Crippen molar-refractivity contribution < 1.29 is 19.2 Å². The molecule has 0 unspecified atom stereocenters. The van der Waals surface area contributed by atoms with Gasteiger partial charge < -0.3 is 0 Å². The number of carbonyl (C=O) groups excluding carboxylic acids is 4. The lowest BCUT2D eigenvalue weighted by Gasteiger charge is -2.39. The number of rotatable bonds is 7. The molecule has 5 atom stereocenters. The largest absolute Gasteiger partial charge is 0.292 e. The van der Waals surface area contributed by atoms with Crippen molar-refractivity contribution in [3.63, 3.8) is 0 Å². The summed E-state index contributed by atoms with van der Waals surface area (Å²) in [5.41, 5.74) is -0.0608. The van der Waals surface area contributed by atoms with Gasteiger partial charge in [-0.25, -0.2) is 5.01 Å². The summed E-state index contributed by atoms with van der Waals surface area (Å²) in [6, 6.07) is 8.22. The van der Waals surface area contributed by atoms with Crippen molar-refractivity contribution in [1.29, 1.82) is 0 Å². The number of hydrogen-bond donors (Lipinski definition) is 0. The van der Waals surface area contributed by atoms with Crippen molar-refractivity contribution in [2.24, 2.45) is 11.8 Å². The number of alkyl halides is 5. The molecule has 1 saturated heterocycles. The number of fused-ring (bicyclic) bond motifs is 5. The predicted molar refractivity (Wildman–Crippen MR) is 167 cm³/mol. The molecule has 42 heavy (non-hydrogen) atoms. The Hall–Kier alpha value is -0.640. The number of benzene rings is 2. The molecule has 3 amide bonds. The molecule has 2 fully saturated rings. The Morgan fingerprint density at radius 3 is 1.79 bits per heavy atom. The van der Waals surface area contributed by atoms with Gasteiger partial charge in [0.1, 0.15) is 15.8 Å². The summed E-state index contributed by atoms with van der Waals surface area (Å²) in [5, 5.41) is 1.01. The van der Waals surface area contributed by atoms with E-state index in [0.29, 0.717) is 15.0 Å². The Morgan fingerprint density at radius 2 is 1.31 bits per heavy atom. The van der Waals surface area contributed by atoms with Crippen LogP contribution in [0.4, 0.5) is 0 Å². The first-order valence-electron chi connectivity index (χ1n) is 11.9. The first-order valence-corrected chi connectivity index (χ1v) is 15.8. The normalized spacial score (nSPS) is 28.4. The number of Topliss-reactive ketones (excluding diaryl/α,β-unsaturated/α-hetero) is 1. The molecule has 6 nitrogen and oxygen atoms in total. The number of hydrogen-bond acceptors (Lipinski definition) is 4. The second-order valence-corrected chi connectivity index (χ2v) is 14.6. The van der Waals surface area contributed by atoms with E-state index in [1.165, 1.54) is 42.5 Å². The molecular formula is C26H14Cl10N2O4. The van der Waals surface area contributed by atoms with Crippen molar-refractivity contribution in [1.82, 2.24) is 10.0 Å². The van der Waals surface area contributed by atoms with Gasteiger partial charge >= 0.3 is 0 Å². The molecule has 3 aliphatic rings. The number of carbonyl (C=O) groups is 4. The fourth-order valence-corrected chi connectivity index (χ4v) is 9.38. The summed E-state index contributed by atoms with van der Waals surface area (Å²) in [4.78, 5) is 52.3. The molecule has 2 aromatic carbocycles. The second kappa shape index (κ2) is 11.3. The summed E-state index contributed by atoms with van der Waals surface area (Å²) in [6.45, 7) is 0. The molecule has 5 rings (SSSR count). The first kappa shape index (κ1) is 32.7. The van der Waals surface area contributed by atoms with Crippen LogP contribution in [0.3, 0.4) is 0 Å². The fourth-order valence-electron chi connectivity index (χ4n) is 5.63. The summed E-state index contributed by atoms with van der Waals surface area (Å²) in [7, 11) is 0. The minimum absolute atomic E-state index is 0.114. The van der Waals surface area contributed by atoms with Gasteiger partial charge in [0, 0.05) is 21.5 Å². The molecule has 1 heterocycles. The third kappa shape index (κ3) is 4.35.